The molecule has 0 radical (unpaired) electrons. The number of aromatic nitrogens is 1. The van der Waals surface area contributed by atoms with Crippen LogP contribution in [0.25, 0.3) is 61.9 Å². The van der Waals surface area contributed by atoms with Gasteiger partial charge in [0.05, 0.1) is 11.0 Å². The fourth-order valence-corrected chi connectivity index (χ4v) is 5.41. The zero-order valence-electron chi connectivity index (χ0n) is 21.5. The Morgan fingerprint density at radius 1 is 0.359 bits per heavy atom. The third-order valence-electron chi connectivity index (χ3n) is 7.42. The zero-order valence-corrected chi connectivity index (χ0v) is 21.5. The smallest absolute Gasteiger partial charge is 0.0541 e. The molecule has 6 aromatic carbocycles. The van der Waals surface area contributed by atoms with Gasteiger partial charge in [-0.1, -0.05) is 133 Å². The molecule has 0 unspecified atom stereocenters. The van der Waals surface area contributed by atoms with Crippen molar-refractivity contribution in [1.29, 1.82) is 0 Å². The van der Waals surface area contributed by atoms with Crippen molar-refractivity contribution in [2.75, 3.05) is 0 Å². The maximum atomic E-state index is 2.35. The summed E-state index contributed by atoms with van der Waals surface area (Å²) in [5, 5.41) is 2.54. The molecule has 0 saturated carbocycles. The molecule has 1 aromatic heterocycles. The monoisotopic (exact) mass is 497 g/mol. The van der Waals surface area contributed by atoms with Crippen molar-refractivity contribution in [2.24, 2.45) is 0 Å². The minimum Gasteiger partial charge on any atom is -0.309 e. The second-order valence-corrected chi connectivity index (χ2v) is 9.86. The average molecular weight is 498 g/mol. The molecule has 1 heteroatoms. The number of hydrogen-bond donors (Lipinski definition) is 0. The highest BCUT2D eigenvalue weighted by atomic mass is 15.0. The van der Waals surface area contributed by atoms with E-state index in [-0.39, 0.29) is 0 Å². The SMILES string of the molecule is C(=C\c1ccc2c(c1)c1ccccc1n2-c1ccccc1)/c1ccc(-c2ccc(-c3ccccc3)cc2)cc1. The second kappa shape index (κ2) is 9.96. The summed E-state index contributed by atoms with van der Waals surface area (Å²) in [6.45, 7) is 0. The predicted octanol–water partition coefficient (Wildman–Crippen LogP) is 10.3. The summed E-state index contributed by atoms with van der Waals surface area (Å²) >= 11 is 0. The minimum absolute atomic E-state index is 1.18. The topological polar surface area (TPSA) is 4.93 Å². The number of nitrogens with zero attached hydrogens (tertiary/aromatic N) is 1. The van der Waals surface area contributed by atoms with Crippen molar-refractivity contribution in [2.45, 2.75) is 0 Å². The summed E-state index contributed by atoms with van der Waals surface area (Å²) in [7, 11) is 0. The molecule has 0 aliphatic rings. The molecule has 0 saturated heterocycles. The third kappa shape index (κ3) is 4.45. The van der Waals surface area contributed by atoms with Crippen LogP contribution in [-0.4, -0.2) is 4.57 Å². The molecular formula is C38H27N. The standard InChI is InChI=1S/C38H27N/c1-3-9-30(10-4-1)32-22-24-33(25-23-32)31-20-17-28(18-21-31)15-16-29-19-26-38-36(27-29)35-13-7-8-14-37(35)39(38)34-11-5-2-6-12-34/h1-27H/b16-15+. The first-order valence-electron chi connectivity index (χ1n) is 13.4. The van der Waals surface area contributed by atoms with Crippen LogP contribution in [0.5, 0.6) is 0 Å². The lowest BCUT2D eigenvalue weighted by molar-refractivity contribution is 1.18. The van der Waals surface area contributed by atoms with Crippen molar-refractivity contribution >= 4 is 34.0 Å². The maximum absolute atomic E-state index is 2.35. The lowest BCUT2D eigenvalue weighted by Gasteiger charge is -2.07. The Morgan fingerprint density at radius 3 is 1.54 bits per heavy atom. The summed E-state index contributed by atoms with van der Waals surface area (Å²) in [4.78, 5) is 0. The molecule has 0 N–H and O–H groups in total. The van der Waals surface area contributed by atoms with E-state index in [0.29, 0.717) is 0 Å². The Balaban J connectivity index is 1.16. The van der Waals surface area contributed by atoms with Crippen LogP contribution in [0.1, 0.15) is 11.1 Å². The number of benzene rings is 6. The molecule has 39 heavy (non-hydrogen) atoms. The van der Waals surface area contributed by atoms with Gasteiger partial charge in [-0.15, -0.1) is 0 Å². The summed E-state index contributed by atoms with van der Waals surface area (Å²) in [6, 6.07) is 54.1. The molecule has 1 heterocycles. The van der Waals surface area contributed by atoms with Gasteiger partial charge in [-0.25, -0.2) is 0 Å². The van der Waals surface area contributed by atoms with E-state index in [0.717, 1.165) is 0 Å². The molecule has 0 aliphatic carbocycles. The normalized spacial score (nSPS) is 11.5. The van der Waals surface area contributed by atoms with E-state index in [1.165, 1.54) is 60.9 Å². The molecule has 0 spiro atoms. The fourth-order valence-electron chi connectivity index (χ4n) is 5.41. The van der Waals surface area contributed by atoms with Crippen molar-refractivity contribution in [3.05, 3.63) is 163 Å². The van der Waals surface area contributed by atoms with Crippen LogP contribution in [0.3, 0.4) is 0 Å². The van der Waals surface area contributed by atoms with Gasteiger partial charge >= 0.3 is 0 Å². The van der Waals surface area contributed by atoms with Crippen LogP contribution in [0.2, 0.25) is 0 Å². The van der Waals surface area contributed by atoms with E-state index in [4.69, 9.17) is 0 Å². The average Bonchev–Trinajstić information content (AvgIpc) is 3.35. The van der Waals surface area contributed by atoms with E-state index in [2.05, 4.69) is 168 Å². The Morgan fingerprint density at radius 2 is 0.846 bits per heavy atom. The van der Waals surface area contributed by atoms with Gasteiger partial charge in [-0.2, -0.15) is 0 Å². The van der Waals surface area contributed by atoms with Crippen molar-refractivity contribution in [3.63, 3.8) is 0 Å². The van der Waals surface area contributed by atoms with Gasteiger partial charge in [0.25, 0.3) is 0 Å². The number of hydrogen-bond acceptors (Lipinski definition) is 0. The zero-order chi connectivity index (χ0) is 26.0. The highest BCUT2D eigenvalue weighted by Crippen LogP contribution is 2.33. The lowest BCUT2D eigenvalue weighted by atomic mass is 9.99. The van der Waals surface area contributed by atoms with Gasteiger partial charge in [0.15, 0.2) is 0 Å². The fraction of sp³-hybridized carbons (Fsp3) is 0. The summed E-state index contributed by atoms with van der Waals surface area (Å²) < 4.78 is 2.35. The predicted molar refractivity (Wildman–Crippen MR) is 167 cm³/mol. The molecule has 0 bridgehead atoms. The Hall–Kier alpha value is -5.14. The van der Waals surface area contributed by atoms with E-state index >= 15 is 0 Å². The number of rotatable bonds is 5. The van der Waals surface area contributed by atoms with Gasteiger partial charge < -0.3 is 4.57 Å². The Labute approximate surface area is 228 Å². The van der Waals surface area contributed by atoms with E-state index in [9.17, 15) is 0 Å². The highest BCUT2D eigenvalue weighted by molar-refractivity contribution is 6.10. The molecule has 0 atom stereocenters. The van der Waals surface area contributed by atoms with Gasteiger partial charge in [0.2, 0.25) is 0 Å². The third-order valence-corrected chi connectivity index (χ3v) is 7.42. The Bertz CT molecular complexity index is 1910. The molecule has 1 nitrogen and oxygen atoms in total. The van der Waals surface area contributed by atoms with Crippen LogP contribution in [-0.2, 0) is 0 Å². The molecule has 0 amide bonds. The minimum atomic E-state index is 1.18. The van der Waals surface area contributed by atoms with Crippen LogP contribution in [0, 0.1) is 0 Å². The van der Waals surface area contributed by atoms with E-state index < -0.39 is 0 Å². The molecule has 0 fully saturated rings. The summed E-state index contributed by atoms with van der Waals surface area (Å²) in [6.07, 6.45) is 4.40. The largest absolute Gasteiger partial charge is 0.309 e. The van der Waals surface area contributed by atoms with Crippen LogP contribution in [0.15, 0.2) is 152 Å². The number of fused-ring (bicyclic) bond motifs is 3. The van der Waals surface area contributed by atoms with E-state index in [1.807, 2.05) is 0 Å². The Kier molecular flexibility index (Phi) is 5.88. The van der Waals surface area contributed by atoms with Gasteiger partial charge in [0.1, 0.15) is 0 Å². The first-order chi connectivity index (χ1) is 19.3. The molecular weight excluding hydrogens is 470 g/mol. The van der Waals surface area contributed by atoms with Crippen LogP contribution >= 0.6 is 0 Å². The summed E-state index contributed by atoms with van der Waals surface area (Å²) in [5.74, 6) is 0. The quantitative estimate of drug-likeness (QED) is 0.208. The van der Waals surface area contributed by atoms with Gasteiger partial charge in [-0.3, -0.25) is 0 Å². The maximum Gasteiger partial charge on any atom is 0.0541 e. The first-order valence-corrected chi connectivity index (χ1v) is 13.4. The van der Waals surface area contributed by atoms with Crippen LogP contribution in [0.4, 0.5) is 0 Å². The van der Waals surface area contributed by atoms with Crippen LogP contribution < -0.4 is 0 Å². The molecule has 0 aliphatic heterocycles. The lowest BCUT2D eigenvalue weighted by Crippen LogP contribution is -1.92. The van der Waals surface area contributed by atoms with E-state index in [1.54, 1.807) is 0 Å². The molecule has 7 rings (SSSR count). The second-order valence-electron chi connectivity index (χ2n) is 9.86. The highest BCUT2D eigenvalue weighted by Gasteiger charge is 2.11. The molecule has 7 aromatic rings. The molecule has 184 valence electrons. The first kappa shape index (κ1) is 23.0. The van der Waals surface area contributed by atoms with Crippen molar-refractivity contribution in [1.82, 2.24) is 4.57 Å². The number of para-hydroxylation sites is 2. The van der Waals surface area contributed by atoms with Gasteiger partial charge in [-0.05, 0) is 63.7 Å². The summed E-state index contributed by atoms with van der Waals surface area (Å²) in [5.41, 5.74) is 10.9. The van der Waals surface area contributed by atoms with Gasteiger partial charge in [0, 0.05) is 16.5 Å². The van der Waals surface area contributed by atoms with Crippen molar-refractivity contribution < 1.29 is 0 Å². The van der Waals surface area contributed by atoms with Crippen molar-refractivity contribution in [3.8, 4) is 27.9 Å².